The molecule has 0 bridgehead atoms. The Morgan fingerprint density at radius 3 is 2.91 bits per heavy atom. The van der Waals surface area contributed by atoms with E-state index in [9.17, 15) is 0 Å². The Bertz CT molecular complexity index is 612. The van der Waals surface area contributed by atoms with Crippen molar-refractivity contribution in [2.45, 2.75) is 44.4 Å². The fourth-order valence-corrected chi connectivity index (χ4v) is 3.63. The van der Waals surface area contributed by atoms with E-state index in [1.165, 1.54) is 25.7 Å². The van der Waals surface area contributed by atoms with E-state index in [0.717, 1.165) is 31.2 Å². The van der Waals surface area contributed by atoms with Crippen LogP contribution in [0.5, 0.6) is 0 Å². The standard InChI is InChI=1S/C16H21N5O/c1-2-6-13(7-3-1)21-16(17-18-19-21)12-20-10-11-22-15-9-5-4-8-14(15)20/h1-3,6-7,14-15H,4-5,8-12H2/t14-,15-/m0/s1. The third-order valence-corrected chi connectivity index (χ3v) is 4.73. The summed E-state index contributed by atoms with van der Waals surface area (Å²) in [5.74, 6) is 0.900. The van der Waals surface area contributed by atoms with Crippen molar-refractivity contribution in [2.24, 2.45) is 0 Å². The molecule has 0 spiro atoms. The summed E-state index contributed by atoms with van der Waals surface area (Å²) in [5, 5.41) is 12.3. The molecule has 1 aromatic heterocycles. The van der Waals surface area contributed by atoms with Gasteiger partial charge in [0.05, 0.1) is 24.9 Å². The smallest absolute Gasteiger partial charge is 0.170 e. The van der Waals surface area contributed by atoms with E-state index >= 15 is 0 Å². The number of fused-ring (bicyclic) bond motifs is 1. The Morgan fingerprint density at radius 2 is 2.00 bits per heavy atom. The average molecular weight is 299 g/mol. The third-order valence-electron chi connectivity index (χ3n) is 4.73. The molecule has 1 aliphatic heterocycles. The van der Waals surface area contributed by atoms with Gasteiger partial charge in [0.1, 0.15) is 0 Å². The molecule has 2 fully saturated rings. The lowest BCUT2D eigenvalue weighted by atomic mass is 9.90. The van der Waals surface area contributed by atoms with Crippen LogP contribution in [0.1, 0.15) is 31.5 Å². The first kappa shape index (κ1) is 13.8. The van der Waals surface area contributed by atoms with Crippen molar-refractivity contribution in [3.05, 3.63) is 36.2 Å². The highest BCUT2D eigenvalue weighted by Gasteiger charge is 2.34. The minimum atomic E-state index is 0.392. The molecule has 1 saturated carbocycles. The molecule has 1 saturated heterocycles. The van der Waals surface area contributed by atoms with Gasteiger partial charge in [-0.15, -0.1) is 5.10 Å². The molecule has 1 aromatic carbocycles. The van der Waals surface area contributed by atoms with E-state index < -0.39 is 0 Å². The number of aromatic nitrogens is 4. The van der Waals surface area contributed by atoms with Crippen LogP contribution in [0.25, 0.3) is 5.69 Å². The van der Waals surface area contributed by atoms with Gasteiger partial charge in [0.15, 0.2) is 5.82 Å². The van der Waals surface area contributed by atoms with Gasteiger partial charge >= 0.3 is 0 Å². The number of rotatable bonds is 3. The van der Waals surface area contributed by atoms with Crippen LogP contribution in [0.4, 0.5) is 0 Å². The highest BCUT2D eigenvalue weighted by molar-refractivity contribution is 5.30. The second-order valence-electron chi connectivity index (χ2n) is 6.07. The Morgan fingerprint density at radius 1 is 1.14 bits per heavy atom. The van der Waals surface area contributed by atoms with E-state index in [-0.39, 0.29) is 0 Å². The number of benzene rings is 1. The van der Waals surface area contributed by atoms with Crippen LogP contribution in [-0.2, 0) is 11.3 Å². The molecule has 6 nitrogen and oxygen atoms in total. The zero-order valence-electron chi connectivity index (χ0n) is 12.6. The summed E-state index contributed by atoms with van der Waals surface area (Å²) in [6.07, 6.45) is 5.38. The lowest BCUT2D eigenvalue weighted by Gasteiger charge is -2.43. The van der Waals surface area contributed by atoms with Gasteiger partial charge in [-0.3, -0.25) is 4.90 Å². The molecule has 6 heteroatoms. The molecule has 0 radical (unpaired) electrons. The second kappa shape index (κ2) is 6.14. The van der Waals surface area contributed by atoms with E-state index in [4.69, 9.17) is 4.74 Å². The zero-order valence-corrected chi connectivity index (χ0v) is 12.6. The van der Waals surface area contributed by atoms with Crippen molar-refractivity contribution in [1.82, 2.24) is 25.1 Å². The quantitative estimate of drug-likeness (QED) is 0.865. The molecule has 0 N–H and O–H groups in total. The molecule has 2 heterocycles. The molecule has 0 unspecified atom stereocenters. The van der Waals surface area contributed by atoms with E-state index in [2.05, 4.69) is 20.4 Å². The normalized spacial score (nSPS) is 25.8. The highest BCUT2D eigenvalue weighted by Crippen LogP contribution is 2.29. The van der Waals surface area contributed by atoms with Gasteiger partial charge < -0.3 is 4.74 Å². The van der Waals surface area contributed by atoms with Crippen LogP contribution >= 0.6 is 0 Å². The third kappa shape index (κ3) is 2.64. The van der Waals surface area contributed by atoms with Crippen LogP contribution in [0, 0.1) is 0 Å². The minimum absolute atomic E-state index is 0.392. The van der Waals surface area contributed by atoms with Gasteiger partial charge in [-0.05, 0) is 35.4 Å². The minimum Gasteiger partial charge on any atom is -0.375 e. The van der Waals surface area contributed by atoms with Gasteiger partial charge in [-0.1, -0.05) is 31.0 Å². The van der Waals surface area contributed by atoms with Crippen LogP contribution < -0.4 is 0 Å². The Balaban J connectivity index is 1.55. The van der Waals surface area contributed by atoms with Crippen molar-refractivity contribution in [3.8, 4) is 5.69 Å². The number of ether oxygens (including phenoxy) is 1. The van der Waals surface area contributed by atoms with E-state index in [1.807, 2.05) is 35.0 Å². The summed E-state index contributed by atoms with van der Waals surface area (Å²) in [6, 6.07) is 10.6. The van der Waals surface area contributed by atoms with Crippen molar-refractivity contribution in [1.29, 1.82) is 0 Å². The highest BCUT2D eigenvalue weighted by atomic mass is 16.5. The number of tetrazole rings is 1. The molecule has 4 rings (SSSR count). The van der Waals surface area contributed by atoms with Crippen LogP contribution in [0.15, 0.2) is 30.3 Å². The zero-order chi connectivity index (χ0) is 14.8. The Labute approximate surface area is 130 Å². The molecule has 1 aliphatic carbocycles. The summed E-state index contributed by atoms with van der Waals surface area (Å²) < 4.78 is 7.79. The summed E-state index contributed by atoms with van der Waals surface area (Å²) in [6.45, 7) is 2.56. The van der Waals surface area contributed by atoms with Crippen LogP contribution in [-0.4, -0.2) is 50.4 Å². The number of hydrogen-bond donors (Lipinski definition) is 0. The van der Waals surface area contributed by atoms with Gasteiger partial charge in [0.25, 0.3) is 0 Å². The Kier molecular flexibility index (Phi) is 3.86. The van der Waals surface area contributed by atoms with Crippen molar-refractivity contribution in [2.75, 3.05) is 13.2 Å². The number of para-hydroxylation sites is 1. The maximum Gasteiger partial charge on any atom is 0.170 e. The number of nitrogens with zero attached hydrogens (tertiary/aromatic N) is 5. The SMILES string of the molecule is c1ccc(-n2nnnc2CN2CCO[C@H]3CCCC[C@@H]32)cc1. The van der Waals surface area contributed by atoms with E-state index in [0.29, 0.717) is 12.1 Å². The number of morpholine rings is 1. The summed E-state index contributed by atoms with van der Waals surface area (Å²) in [7, 11) is 0. The lowest BCUT2D eigenvalue weighted by molar-refractivity contribution is -0.0919. The molecule has 2 aliphatic rings. The average Bonchev–Trinajstić information content (AvgIpc) is 3.04. The molecule has 22 heavy (non-hydrogen) atoms. The molecule has 0 amide bonds. The van der Waals surface area contributed by atoms with Crippen LogP contribution in [0.2, 0.25) is 0 Å². The predicted octanol–water partition coefficient (Wildman–Crippen LogP) is 1.81. The van der Waals surface area contributed by atoms with Crippen molar-refractivity contribution in [3.63, 3.8) is 0 Å². The molecule has 2 aromatic rings. The number of hydrogen-bond acceptors (Lipinski definition) is 5. The maximum absolute atomic E-state index is 5.95. The molecular formula is C16H21N5O. The molecular weight excluding hydrogens is 278 g/mol. The summed E-state index contributed by atoms with van der Waals surface area (Å²) in [4.78, 5) is 2.50. The predicted molar refractivity (Wildman–Crippen MR) is 81.6 cm³/mol. The first-order chi connectivity index (χ1) is 10.9. The maximum atomic E-state index is 5.95. The largest absolute Gasteiger partial charge is 0.375 e. The Hall–Kier alpha value is -1.79. The monoisotopic (exact) mass is 299 g/mol. The summed E-state index contributed by atoms with van der Waals surface area (Å²) in [5.41, 5.74) is 1.01. The topological polar surface area (TPSA) is 56.1 Å². The van der Waals surface area contributed by atoms with Gasteiger partial charge in [-0.25, -0.2) is 0 Å². The van der Waals surface area contributed by atoms with Crippen molar-refractivity contribution >= 4 is 0 Å². The molecule has 2 atom stereocenters. The first-order valence-electron chi connectivity index (χ1n) is 8.10. The van der Waals surface area contributed by atoms with Crippen LogP contribution in [0.3, 0.4) is 0 Å². The molecule has 116 valence electrons. The van der Waals surface area contributed by atoms with E-state index in [1.54, 1.807) is 0 Å². The fraction of sp³-hybridized carbons (Fsp3) is 0.562. The van der Waals surface area contributed by atoms with Crippen molar-refractivity contribution < 1.29 is 4.74 Å². The fourth-order valence-electron chi connectivity index (χ4n) is 3.63. The lowest BCUT2D eigenvalue weighted by Crippen LogP contribution is -2.52. The summed E-state index contributed by atoms with van der Waals surface area (Å²) >= 11 is 0. The first-order valence-corrected chi connectivity index (χ1v) is 8.10. The van der Waals surface area contributed by atoms with Gasteiger partial charge in [0, 0.05) is 12.6 Å². The van der Waals surface area contributed by atoms with Gasteiger partial charge in [0.2, 0.25) is 0 Å². The van der Waals surface area contributed by atoms with Gasteiger partial charge in [-0.2, -0.15) is 4.68 Å². The second-order valence-corrected chi connectivity index (χ2v) is 6.07.